The number of hydrogen-bond donors (Lipinski definition) is 2. The van der Waals surface area contributed by atoms with E-state index >= 15 is 0 Å². The zero-order valence-electron chi connectivity index (χ0n) is 13.9. The van der Waals surface area contributed by atoms with Gasteiger partial charge in [-0.1, -0.05) is 31.2 Å². The van der Waals surface area contributed by atoms with Gasteiger partial charge >= 0.3 is 0 Å². The van der Waals surface area contributed by atoms with Crippen molar-refractivity contribution in [2.75, 3.05) is 7.05 Å². The van der Waals surface area contributed by atoms with Crippen LogP contribution in [0.25, 0.3) is 0 Å². The molecule has 1 unspecified atom stereocenters. The largest absolute Gasteiger partial charge is 0.350 e. The highest BCUT2D eigenvalue weighted by molar-refractivity contribution is 5.81. The van der Waals surface area contributed by atoms with Crippen LogP contribution in [0.4, 0.5) is 0 Å². The van der Waals surface area contributed by atoms with E-state index in [0.29, 0.717) is 6.54 Å². The van der Waals surface area contributed by atoms with Gasteiger partial charge in [0, 0.05) is 18.6 Å². The minimum atomic E-state index is -0.162. The van der Waals surface area contributed by atoms with Crippen LogP contribution < -0.4 is 11.1 Å². The summed E-state index contributed by atoms with van der Waals surface area (Å²) in [6.07, 6.45) is 0.912. The summed E-state index contributed by atoms with van der Waals surface area (Å²) in [5.41, 5.74) is 7.75. The van der Waals surface area contributed by atoms with Crippen LogP contribution in [-0.2, 0) is 17.9 Å². The summed E-state index contributed by atoms with van der Waals surface area (Å²) in [6, 6.07) is 8.05. The van der Waals surface area contributed by atoms with Gasteiger partial charge in [-0.05, 0) is 45.4 Å². The molecular weight excluding hydrogens is 262 g/mol. The highest BCUT2D eigenvalue weighted by Crippen LogP contribution is 2.11. The predicted molar refractivity (Wildman–Crippen MR) is 87.8 cm³/mol. The van der Waals surface area contributed by atoms with Crippen molar-refractivity contribution in [3.05, 3.63) is 35.4 Å². The van der Waals surface area contributed by atoms with Crippen LogP contribution in [0.3, 0.4) is 0 Å². The molecule has 0 aliphatic carbocycles. The van der Waals surface area contributed by atoms with Crippen molar-refractivity contribution in [2.24, 2.45) is 5.73 Å². The molecule has 1 aromatic carbocycles. The lowest BCUT2D eigenvalue weighted by atomic mass is 10.0. The summed E-state index contributed by atoms with van der Waals surface area (Å²) in [6.45, 7) is 9.41. The molecule has 0 bridgehead atoms. The Hall–Kier alpha value is -1.39. The third kappa shape index (κ3) is 5.48. The van der Waals surface area contributed by atoms with E-state index in [1.165, 1.54) is 5.56 Å². The van der Waals surface area contributed by atoms with Crippen LogP contribution in [0.15, 0.2) is 24.3 Å². The van der Waals surface area contributed by atoms with Crippen molar-refractivity contribution in [3.8, 4) is 0 Å². The van der Waals surface area contributed by atoms with Gasteiger partial charge in [0.2, 0.25) is 5.91 Å². The fraction of sp³-hybridized carbons (Fsp3) is 0.588. The Labute approximate surface area is 128 Å². The molecule has 0 aliphatic heterocycles. The molecule has 1 amide bonds. The molecule has 0 spiro atoms. The average Bonchev–Trinajstić information content (AvgIpc) is 2.46. The number of carbonyl (C=O) groups is 1. The Morgan fingerprint density at radius 2 is 1.81 bits per heavy atom. The van der Waals surface area contributed by atoms with Crippen molar-refractivity contribution < 1.29 is 4.79 Å². The first-order valence-corrected chi connectivity index (χ1v) is 7.59. The number of benzene rings is 1. The topological polar surface area (TPSA) is 58.4 Å². The van der Waals surface area contributed by atoms with Crippen molar-refractivity contribution >= 4 is 5.91 Å². The maximum absolute atomic E-state index is 12.3. The monoisotopic (exact) mass is 291 g/mol. The first-order chi connectivity index (χ1) is 9.79. The second kappa shape index (κ2) is 7.57. The predicted octanol–water partition coefficient (Wildman–Crippen LogP) is 2.27. The molecule has 1 aromatic rings. The van der Waals surface area contributed by atoms with Crippen molar-refractivity contribution in [1.29, 1.82) is 0 Å². The summed E-state index contributed by atoms with van der Waals surface area (Å²) < 4.78 is 0. The number of nitrogens with one attached hydrogen (secondary N) is 1. The Bertz CT molecular complexity index is 454. The number of carbonyl (C=O) groups excluding carboxylic acids is 1. The normalized spacial score (nSPS) is 13.3. The minimum absolute atomic E-state index is 0.0722. The van der Waals surface area contributed by atoms with E-state index in [4.69, 9.17) is 5.73 Å². The number of likely N-dealkylation sites (N-methyl/N-ethyl adjacent to an activating group) is 1. The molecule has 0 saturated heterocycles. The molecule has 3 N–H and O–H groups in total. The van der Waals surface area contributed by atoms with Crippen molar-refractivity contribution in [3.63, 3.8) is 0 Å². The fourth-order valence-corrected chi connectivity index (χ4v) is 1.93. The smallest absolute Gasteiger partial charge is 0.237 e. The van der Waals surface area contributed by atoms with E-state index in [9.17, 15) is 4.79 Å². The number of nitrogens with zero attached hydrogens (tertiary/aromatic N) is 1. The maximum atomic E-state index is 12.3. The number of nitrogens with two attached hydrogens (primary N) is 1. The van der Waals surface area contributed by atoms with E-state index in [2.05, 4.69) is 29.3 Å². The summed E-state index contributed by atoms with van der Waals surface area (Å²) in [5.74, 6) is 0.0722. The molecule has 21 heavy (non-hydrogen) atoms. The molecule has 1 rings (SSSR count). The van der Waals surface area contributed by atoms with Crippen LogP contribution in [0.2, 0.25) is 0 Å². The minimum Gasteiger partial charge on any atom is -0.350 e. The quantitative estimate of drug-likeness (QED) is 0.810. The van der Waals surface area contributed by atoms with Crippen LogP contribution in [0.5, 0.6) is 0 Å². The zero-order valence-corrected chi connectivity index (χ0v) is 13.9. The first kappa shape index (κ1) is 17.7. The lowest BCUT2D eigenvalue weighted by Crippen LogP contribution is -2.50. The van der Waals surface area contributed by atoms with E-state index in [1.54, 1.807) is 0 Å². The van der Waals surface area contributed by atoms with Gasteiger partial charge in [0.05, 0.1) is 6.04 Å². The van der Waals surface area contributed by atoms with E-state index in [0.717, 1.165) is 18.5 Å². The molecule has 4 nitrogen and oxygen atoms in total. The summed E-state index contributed by atoms with van der Waals surface area (Å²) >= 11 is 0. The number of hydrogen-bond acceptors (Lipinski definition) is 3. The second-order valence-corrected chi connectivity index (χ2v) is 6.34. The van der Waals surface area contributed by atoms with Gasteiger partial charge in [-0.2, -0.15) is 0 Å². The average molecular weight is 291 g/mol. The summed E-state index contributed by atoms with van der Waals surface area (Å²) in [4.78, 5) is 14.3. The van der Waals surface area contributed by atoms with Gasteiger partial charge in [0.15, 0.2) is 0 Å². The Morgan fingerprint density at radius 1 is 1.29 bits per heavy atom. The molecule has 0 fully saturated rings. The SMILES string of the molecule is CCC(C)(C)NC(=O)C(C)N(C)Cc1ccc(CN)cc1. The van der Waals surface area contributed by atoms with Crippen LogP contribution in [0, 0.1) is 0 Å². The Balaban J connectivity index is 2.60. The van der Waals surface area contributed by atoms with Crippen molar-refractivity contribution in [2.45, 2.75) is 58.8 Å². The highest BCUT2D eigenvalue weighted by Gasteiger charge is 2.24. The van der Waals surface area contributed by atoms with E-state index in [-0.39, 0.29) is 17.5 Å². The van der Waals surface area contributed by atoms with Gasteiger partial charge in [0.1, 0.15) is 0 Å². The van der Waals surface area contributed by atoms with Crippen molar-refractivity contribution in [1.82, 2.24) is 10.2 Å². The third-order valence-electron chi connectivity index (χ3n) is 4.08. The lowest BCUT2D eigenvalue weighted by molar-refractivity contribution is -0.127. The fourth-order valence-electron chi connectivity index (χ4n) is 1.93. The molecule has 0 aromatic heterocycles. The van der Waals surface area contributed by atoms with Gasteiger partial charge < -0.3 is 11.1 Å². The summed E-state index contributed by atoms with van der Waals surface area (Å²) in [7, 11) is 1.97. The molecule has 0 saturated carbocycles. The van der Waals surface area contributed by atoms with Crippen LogP contribution in [-0.4, -0.2) is 29.4 Å². The molecule has 4 heteroatoms. The van der Waals surface area contributed by atoms with Crippen LogP contribution >= 0.6 is 0 Å². The molecule has 0 aliphatic rings. The van der Waals surface area contributed by atoms with Gasteiger partial charge in [-0.3, -0.25) is 9.69 Å². The zero-order chi connectivity index (χ0) is 16.0. The molecule has 0 radical (unpaired) electrons. The van der Waals surface area contributed by atoms with Gasteiger partial charge in [-0.15, -0.1) is 0 Å². The van der Waals surface area contributed by atoms with Crippen LogP contribution in [0.1, 0.15) is 45.2 Å². The third-order valence-corrected chi connectivity index (χ3v) is 4.08. The van der Waals surface area contributed by atoms with Gasteiger partial charge in [0.25, 0.3) is 0 Å². The number of rotatable bonds is 7. The maximum Gasteiger partial charge on any atom is 0.237 e. The summed E-state index contributed by atoms with van der Waals surface area (Å²) in [5, 5.41) is 3.09. The number of amides is 1. The standard InChI is InChI=1S/C17H29N3O/c1-6-17(3,4)19-16(21)13(2)20(5)12-15-9-7-14(11-18)8-10-15/h7-10,13H,6,11-12,18H2,1-5H3,(H,19,21). The van der Waals surface area contributed by atoms with E-state index < -0.39 is 0 Å². The second-order valence-electron chi connectivity index (χ2n) is 6.34. The Morgan fingerprint density at radius 3 is 2.29 bits per heavy atom. The van der Waals surface area contributed by atoms with E-state index in [1.807, 2.05) is 40.0 Å². The molecule has 1 atom stereocenters. The first-order valence-electron chi connectivity index (χ1n) is 7.59. The Kier molecular flexibility index (Phi) is 6.37. The highest BCUT2D eigenvalue weighted by atomic mass is 16.2. The van der Waals surface area contributed by atoms with Gasteiger partial charge in [-0.25, -0.2) is 0 Å². The molecule has 118 valence electrons. The molecular formula is C17H29N3O. The lowest BCUT2D eigenvalue weighted by Gasteiger charge is -2.30. The molecule has 0 heterocycles.